The number of carbonyl (C=O) groups is 3. The molecule has 6 heteroatoms. The first kappa shape index (κ1) is 15.0. The van der Waals surface area contributed by atoms with Gasteiger partial charge < -0.3 is 5.32 Å². The van der Waals surface area contributed by atoms with E-state index in [0.29, 0.717) is 0 Å². The maximum atomic E-state index is 11.9. The Morgan fingerprint density at radius 1 is 1.14 bits per heavy atom. The zero-order valence-corrected chi connectivity index (χ0v) is 11.9. The summed E-state index contributed by atoms with van der Waals surface area (Å²) in [5.41, 5.74) is 5.63. The molecule has 112 valence electrons. The summed E-state index contributed by atoms with van der Waals surface area (Å²) in [6.45, 7) is 1.41. The third-order valence-corrected chi connectivity index (χ3v) is 3.24. The van der Waals surface area contributed by atoms with Gasteiger partial charge in [-0.25, -0.2) is 0 Å². The predicted octanol–water partition coefficient (Wildman–Crippen LogP) is 0.811. The number of hydrogen-bond donors (Lipinski definition) is 3. The van der Waals surface area contributed by atoms with Crippen LogP contribution in [0.5, 0.6) is 0 Å². The fraction of sp³-hybridized carbons (Fsp3) is 0.400. The topological polar surface area (TPSA) is 87.3 Å². The molecule has 0 saturated heterocycles. The largest absolute Gasteiger partial charge is 0.349 e. The van der Waals surface area contributed by atoms with E-state index in [1.165, 1.54) is 6.92 Å². The standard InChI is InChI=1S/C15H19N3O3/c1-10(19)16-13(11-5-3-2-4-6-11)9-14(20)17-18-15(21)12-7-8-12/h2-6,12-13H,7-9H2,1H3,(H,16,19)(H,17,20)(H,18,21)/t13-/m1/s1. The van der Waals surface area contributed by atoms with Crippen molar-refractivity contribution in [1.29, 1.82) is 0 Å². The molecule has 1 atom stereocenters. The van der Waals surface area contributed by atoms with E-state index in [1.54, 1.807) is 0 Å². The third-order valence-electron chi connectivity index (χ3n) is 3.24. The van der Waals surface area contributed by atoms with Gasteiger partial charge in [-0.05, 0) is 18.4 Å². The fourth-order valence-electron chi connectivity index (χ4n) is 2.00. The second-order valence-corrected chi connectivity index (χ2v) is 5.18. The second-order valence-electron chi connectivity index (χ2n) is 5.18. The summed E-state index contributed by atoms with van der Waals surface area (Å²) in [6, 6.07) is 8.83. The van der Waals surface area contributed by atoms with Gasteiger partial charge in [0.15, 0.2) is 0 Å². The van der Waals surface area contributed by atoms with Crippen LogP contribution in [0, 0.1) is 5.92 Å². The minimum Gasteiger partial charge on any atom is -0.349 e. The zero-order valence-electron chi connectivity index (χ0n) is 11.9. The molecule has 0 bridgehead atoms. The van der Waals surface area contributed by atoms with Gasteiger partial charge in [0.25, 0.3) is 0 Å². The van der Waals surface area contributed by atoms with E-state index in [9.17, 15) is 14.4 Å². The lowest BCUT2D eigenvalue weighted by Gasteiger charge is -2.18. The Balaban J connectivity index is 1.89. The Morgan fingerprint density at radius 2 is 1.81 bits per heavy atom. The lowest BCUT2D eigenvalue weighted by molar-refractivity contribution is -0.130. The number of nitrogens with one attached hydrogen (secondary N) is 3. The molecule has 3 N–H and O–H groups in total. The van der Waals surface area contributed by atoms with Crippen LogP contribution in [0.15, 0.2) is 30.3 Å². The van der Waals surface area contributed by atoms with Crippen molar-refractivity contribution in [1.82, 2.24) is 16.2 Å². The van der Waals surface area contributed by atoms with E-state index < -0.39 is 6.04 Å². The molecule has 0 radical (unpaired) electrons. The van der Waals surface area contributed by atoms with Crippen molar-refractivity contribution in [2.75, 3.05) is 0 Å². The Hall–Kier alpha value is -2.37. The maximum Gasteiger partial charge on any atom is 0.241 e. The minimum absolute atomic E-state index is 0.0329. The Bertz CT molecular complexity index is 526. The average Bonchev–Trinajstić information content (AvgIpc) is 3.29. The molecule has 1 aromatic carbocycles. The van der Waals surface area contributed by atoms with Gasteiger partial charge in [-0.3, -0.25) is 25.2 Å². The average molecular weight is 289 g/mol. The third kappa shape index (κ3) is 4.91. The molecule has 6 nitrogen and oxygen atoms in total. The van der Waals surface area contributed by atoms with Crippen molar-refractivity contribution < 1.29 is 14.4 Å². The van der Waals surface area contributed by atoms with Crippen LogP contribution < -0.4 is 16.2 Å². The van der Waals surface area contributed by atoms with Crippen LogP contribution in [-0.4, -0.2) is 17.7 Å². The summed E-state index contributed by atoms with van der Waals surface area (Å²) in [5, 5.41) is 2.74. The fourth-order valence-corrected chi connectivity index (χ4v) is 2.00. The van der Waals surface area contributed by atoms with Crippen molar-refractivity contribution in [3.05, 3.63) is 35.9 Å². The summed E-state index contributed by atoms with van der Waals surface area (Å²) >= 11 is 0. The van der Waals surface area contributed by atoms with E-state index in [-0.39, 0.29) is 30.1 Å². The minimum atomic E-state index is -0.415. The van der Waals surface area contributed by atoms with Crippen LogP contribution in [0.25, 0.3) is 0 Å². The molecule has 0 aromatic heterocycles. The van der Waals surface area contributed by atoms with Crippen LogP contribution in [0.2, 0.25) is 0 Å². The van der Waals surface area contributed by atoms with Crippen LogP contribution in [-0.2, 0) is 14.4 Å². The molecule has 0 unspecified atom stereocenters. The van der Waals surface area contributed by atoms with Gasteiger partial charge in [-0.2, -0.15) is 0 Å². The highest BCUT2D eigenvalue weighted by molar-refractivity contribution is 5.85. The van der Waals surface area contributed by atoms with Gasteiger partial charge in [0.2, 0.25) is 17.7 Å². The zero-order chi connectivity index (χ0) is 15.2. The van der Waals surface area contributed by atoms with Crippen LogP contribution in [0.1, 0.15) is 37.8 Å². The summed E-state index contributed by atoms with van der Waals surface area (Å²) in [4.78, 5) is 34.6. The number of benzene rings is 1. The van der Waals surface area contributed by atoms with Crippen molar-refractivity contribution >= 4 is 17.7 Å². The summed E-state index contributed by atoms with van der Waals surface area (Å²) < 4.78 is 0. The first-order valence-electron chi connectivity index (χ1n) is 6.97. The lowest BCUT2D eigenvalue weighted by atomic mass is 10.0. The second kappa shape index (κ2) is 6.88. The van der Waals surface area contributed by atoms with E-state index in [1.807, 2.05) is 30.3 Å². The molecule has 1 aliphatic carbocycles. The molecule has 21 heavy (non-hydrogen) atoms. The molecule has 0 spiro atoms. The first-order chi connectivity index (χ1) is 10.1. The molecule has 1 fully saturated rings. The Kier molecular flexibility index (Phi) is 4.92. The van der Waals surface area contributed by atoms with E-state index in [4.69, 9.17) is 0 Å². The summed E-state index contributed by atoms with van der Waals surface area (Å²) in [7, 11) is 0. The molecular formula is C15H19N3O3. The number of amides is 3. The Morgan fingerprint density at radius 3 is 2.38 bits per heavy atom. The van der Waals surface area contributed by atoms with Crippen LogP contribution >= 0.6 is 0 Å². The van der Waals surface area contributed by atoms with Crippen LogP contribution in [0.4, 0.5) is 0 Å². The van der Waals surface area contributed by atoms with Crippen molar-refractivity contribution in [3.63, 3.8) is 0 Å². The van der Waals surface area contributed by atoms with Gasteiger partial charge in [0.05, 0.1) is 12.5 Å². The monoisotopic (exact) mass is 289 g/mol. The predicted molar refractivity (Wildman–Crippen MR) is 76.6 cm³/mol. The first-order valence-corrected chi connectivity index (χ1v) is 6.97. The molecule has 1 aromatic rings. The quantitative estimate of drug-likeness (QED) is 0.701. The molecule has 1 saturated carbocycles. The van der Waals surface area contributed by atoms with Gasteiger partial charge in [-0.15, -0.1) is 0 Å². The number of rotatable bonds is 5. The number of hydrogen-bond acceptors (Lipinski definition) is 3. The van der Waals surface area contributed by atoms with Gasteiger partial charge in [-0.1, -0.05) is 30.3 Å². The SMILES string of the molecule is CC(=O)N[C@H](CC(=O)NNC(=O)C1CC1)c1ccccc1. The normalized spacial score (nSPS) is 14.9. The van der Waals surface area contributed by atoms with E-state index in [0.717, 1.165) is 18.4 Å². The highest BCUT2D eigenvalue weighted by Gasteiger charge is 2.29. The van der Waals surface area contributed by atoms with Crippen molar-refractivity contribution in [2.45, 2.75) is 32.2 Å². The summed E-state index contributed by atoms with van der Waals surface area (Å²) in [5.74, 6) is -0.671. The van der Waals surface area contributed by atoms with Crippen LogP contribution in [0.3, 0.4) is 0 Å². The maximum absolute atomic E-state index is 11.9. The van der Waals surface area contributed by atoms with Gasteiger partial charge in [0.1, 0.15) is 0 Å². The van der Waals surface area contributed by atoms with E-state index >= 15 is 0 Å². The molecule has 0 heterocycles. The smallest absolute Gasteiger partial charge is 0.241 e. The summed E-state index contributed by atoms with van der Waals surface area (Å²) in [6.07, 6.45) is 1.81. The Labute approximate surface area is 123 Å². The highest BCUT2D eigenvalue weighted by atomic mass is 16.2. The molecule has 3 amide bonds. The number of hydrazine groups is 1. The molecular weight excluding hydrogens is 270 g/mol. The van der Waals surface area contributed by atoms with Crippen molar-refractivity contribution in [3.8, 4) is 0 Å². The van der Waals surface area contributed by atoms with Gasteiger partial charge >= 0.3 is 0 Å². The van der Waals surface area contributed by atoms with E-state index in [2.05, 4.69) is 16.2 Å². The highest BCUT2D eigenvalue weighted by Crippen LogP contribution is 2.28. The number of carbonyl (C=O) groups excluding carboxylic acids is 3. The molecule has 0 aliphatic heterocycles. The molecule has 1 aliphatic rings. The van der Waals surface area contributed by atoms with Crippen molar-refractivity contribution in [2.24, 2.45) is 5.92 Å². The molecule has 2 rings (SSSR count). The van der Waals surface area contributed by atoms with Gasteiger partial charge in [0, 0.05) is 12.8 Å². The lowest BCUT2D eigenvalue weighted by Crippen LogP contribution is -2.44.